The maximum absolute atomic E-state index is 13.7. The first kappa shape index (κ1) is 16.7. The summed E-state index contributed by atoms with van der Waals surface area (Å²) in [5.41, 5.74) is 2.36. The summed E-state index contributed by atoms with van der Waals surface area (Å²) in [5, 5.41) is 1.05. The van der Waals surface area contributed by atoms with Crippen molar-refractivity contribution in [1.82, 2.24) is 9.88 Å². The van der Waals surface area contributed by atoms with Crippen LogP contribution in [0.15, 0.2) is 60.8 Å². The lowest BCUT2D eigenvalue weighted by atomic mass is 9.90. The number of carbonyl (C=O) groups is 2. The highest BCUT2D eigenvalue weighted by Gasteiger charge is 2.58. The third-order valence-electron chi connectivity index (χ3n) is 6.77. The molecule has 2 aliphatic heterocycles. The fourth-order valence-electron chi connectivity index (χ4n) is 5.14. The number of para-hydroxylation sites is 1. The lowest BCUT2D eigenvalue weighted by Crippen LogP contribution is -2.40. The monoisotopic (exact) mass is 384 g/mol. The van der Waals surface area contributed by atoms with Crippen LogP contribution in [0.2, 0.25) is 0 Å². The number of hydrogen-bond donors (Lipinski definition) is 0. The summed E-state index contributed by atoms with van der Waals surface area (Å²) in [6, 6.07) is 17.5. The average molecular weight is 384 g/mol. The summed E-state index contributed by atoms with van der Waals surface area (Å²) in [6.07, 6.45) is 4.14. The molecule has 3 aliphatic rings. The minimum atomic E-state index is -0.695. The third-order valence-corrected chi connectivity index (χ3v) is 6.77. The molecule has 2 fully saturated rings. The molecule has 0 N–H and O–H groups in total. The summed E-state index contributed by atoms with van der Waals surface area (Å²) < 4.78 is 5.83. The number of amides is 1. The van der Waals surface area contributed by atoms with Crippen molar-refractivity contribution in [3.05, 3.63) is 77.5 Å². The standard InChI is InChI=1S/C24H20N2O3/c27-21-17-6-1-3-7-19(17)24(29-21)12-14-26(15-24)22(28)23(10-11-23)18-9-13-25-20-8-4-2-5-16(18)20/h1-9,13H,10-12,14-15H2/t24-/m0/s1. The van der Waals surface area contributed by atoms with Gasteiger partial charge in [0.25, 0.3) is 0 Å². The molecular weight excluding hydrogens is 364 g/mol. The maximum atomic E-state index is 13.7. The molecule has 1 aliphatic carbocycles. The fourth-order valence-corrected chi connectivity index (χ4v) is 5.14. The molecule has 3 aromatic rings. The quantitative estimate of drug-likeness (QED) is 0.634. The molecule has 5 heteroatoms. The molecule has 1 saturated carbocycles. The second-order valence-corrected chi connectivity index (χ2v) is 8.36. The SMILES string of the molecule is O=C1O[C@]2(CCN(C(=O)C3(c4ccnc5ccccc45)CC3)C2)c2ccccc21. The van der Waals surface area contributed by atoms with E-state index in [1.807, 2.05) is 59.5 Å². The molecule has 1 spiro atoms. The normalized spacial score (nSPS) is 24.0. The lowest BCUT2D eigenvalue weighted by molar-refractivity contribution is -0.134. The van der Waals surface area contributed by atoms with E-state index >= 15 is 0 Å². The largest absolute Gasteiger partial charge is 0.449 e. The van der Waals surface area contributed by atoms with Crippen LogP contribution < -0.4 is 0 Å². The summed E-state index contributed by atoms with van der Waals surface area (Å²) in [6.45, 7) is 1.03. The van der Waals surface area contributed by atoms with Gasteiger partial charge in [-0.15, -0.1) is 0 Å². The zero-order valence-electron chi connectivity index (χ0n) is 15.9. The summed E-state index contributed by atoms with van der Waals surface area (Å²) in [7, 11) is 0. The highest BCUT2D eigenvalue weighted by atomic mass is 16.6. The highest BCUT2D eigenvalue weighted by molar-refractivity contribution is 5.98. The molecule has 0 unspecified atom stereocenters. The van der Waals surface area contributed by atoms with Gasteiger partial charge >= 0.3 is 5.97 Å². The molecule has 5 nitrogen and oxygen atoms in total. The van der Waals surface area contributed by atoms with Gasteiger partial charge in [-0.25, -0.2) is 4.79 Å². The van der Waals surface area contributed by atoms with Crippen LogP contribution in [-0.2, 0) is 20.5 Å². The highest BCUT2D eigenvalue weighted by Crippen LogP contribution is 2.53. The summed E-state index contributed by atoms with van der Waals surface area (Å²) in [4.78, 5) is 32.4. The van der Waals surface area contributed by atoms with E-state index < -0.39 is 11.0 Å². The number of carbonyl (C=O) groups excluding carboxylic acids is 2. The van der Waals surface area contributed by atoms with Gasteiger partial charge in [0.05, 0.1) is 23.0 Å². The minimum Gasteiger partial charge on any atom is -0.449 e. The molecule has 144 valence electrons. The van der Waals surface area contributed by atoms with Gasteiger partial charge in [0.2, 0.25) is 5.91 Å². The zero-order chi connectivity index (χ0) is 19.6. The molecule has 29 heavy (non-hydrogen) atoms. The molecule has 2 aromatic carbocycles. The number of benzene rings is 2. The first-order chi connectivity index (χ1) is 14.1. The van der Waals surface area contributed by atoms with E-state index in [2.05, 4.69) is 4.98 Å². The van der Waals surface area contributed by atoms with Gasteiger partial charge in [-0.05, 0) is 36.6 Å². The van der Waals surface area contributed by atoms with E-state index in [-0.39, 0.29) is 11.9 Å². The van der Waals surface area contributed by atoms with Crippen molar-refractivity contribution >= 4 is 22.8 Å². The summed E-state index contributed by atoms with van der Waals surface area (Å²) in [5.74, 6) is -0.137. The van der Waals surface area contributed by atoms with Crippen LogP contribution in [0.3, 0.4) is 0 Å². The molecule has 0 bridgehead atoms. The Kier molecular flexibility index (Phi) is 3.26. The zero-order valence-corrected chi connectivity index (χ0v) is 15.9. The second-order valence-electron chi connectivity index (χ2n) is 8.36. The average Bonchev–Trinajstić information content (AvgIpc) is 3.39. The summed E-state index contributed by atoms with van der Waals surface area (Å²) >= 11 is 0. The van der Waals surface area contributed by atoms with Crippen LogP contribution in [0.5, 0.6) is 0 Å². The molecule has 1 saturated heterocycles. The van der Waals surface area contributed by atoms with Gasteiger partial charge < -0.3 is 9.64 Å². The lowest BCUT2D eigenvalue weighted by Gasteiger charge is -2.27. The van der Waals surface area contributed by atoms with Gasteiger partial charge in [0.1, 0.15) is 0 Å². The van der Waals surface area contributed by atoms with Gasteiger partial charge in [0.15, 0.2) is 5.60 Å². The second kappa shape index (κ2) is 5.66. The van der Waals surface area contributed by atoms with E-state index in [9.17, 15) is 9.59 Å². The minimum absolute atomic E-state index is 0.145. The Morgan fingerprint density at radius 3 is 2.62 bits per heavy atom. The smallest absolute Gasteiger partial charge is 0.339 e. The van der Waals surface area contributed by atoms with E-state index in [1.54, 1.807) is 6.20 Å². The molecule has 1 aromatic heterocycles. The fraction of sp³-hybridized carbons (Fsp3) is 0.292. The Hall–Kier alpha value is -3.21. The predicted molar refractivity (Wildman–Crippen MR) is 107 cm³/mol. The number of ether oxygens (including phenoxy) is 1. The van der Waals surface area contributed by atoms with Crippen molar-refractivity contribution in [2.45, 2.75) is 30.3 Å². The Labute approximate surface area is 168 Å². The molecule has 1 amide bonds. The van der Waals surface area contributed by atoms with Gasteiger partial charge in [-0.1, -0.05) is 36.4 Å². The Balaban J connectivity index is 1.35. The number of aromatic nitrogens is 1. The van der Waals surface area contributed by atoms with Gasteiger partial charge in [0, 0.05) is 30.1 Å². The van der Waals surface area contributed by atoms with Crippen LogP contribution in [0, 0.1) is 0 Å². The van der Waals surface area contributed by atoms with Gasteiger partial charge in [-0.2, -0.15) is 0 Å². The number of hydrogen-bond acceptors (Lipinski definition) is 4. The number of pyridine rings is 1. The molecular formula is C24H20N2O3. The van der Waals surface area contributed by atoms with Crippen LogP contribution in [0.4, 0.5) is 0 Å². The maximum Gasteiger partial charge on any atom is 0.339 e. The van der Waals surface area contributed by atoms with Crippen LogP contribution in [0.1, 0.15) is 40.7 Å². The van der Waals surface area contributed by atoms with Crippen LogP contribution >= 0.6 is 0 Å². The Morgan fingerprint density at radius 1 is 0.966 bits per heavy atom. The third kappa shape index (κ3) is 2.24. The predicted octanol–water partition coefficient (Wildman–Crippen LogP) is 3.56. The number of fused-ring (bicyclic) bond motifs is 3. The number of rotatable bonds is 2. The topological polar surface area (TPSA) is 59.5 Å². The Morgan fingerprint density at radius 2 is 1.76 bits per heavy atom. The van der Waals surface area contributed by atoms with Gasteiger partial charge in [-0.3, -0.25) is 9.78 Å². The van der Waals surface area contributed by atoms with E-state index in [4.69, 9.17) is 4.74 Å². The molecule has 1 atom stereocenters. The van der Waals surface area contributed by atoms with E-state index in [0.29, 0.717) is 25.1 Å². The van der Waals surface area contributed by atoms with Crippen molar-refractivity contribution in [2.75, 3.05) is 13.1 Å². The van der Waals surface area contributed by atoms with Crippen molar-refractivity contribution in [3.8, 4) is 0 Å². The van der Waals surface area contributed by atoms with Crippen LogP contribution in [0.25, 0.3) is 10.9 Å². The first-order valence-corrected chi connectivity index (χ1v) is 10.1. The van der Waals surface area contributed by atoms with E-state index in [0.717, 1.165) is 34.9 Å². The number of likely N-dealkylation sites (tertiary alicyclic amines) is 1. The van der Waals surface area contributed by atoms with Crippen LogP contribution in [-0.4, -0.2) is 34.8 Å². The molecule has 6 rings (SSSR count). The number of esters is 1. The van der Waals surface area contributed by atoms with Crippen molar-refractivity contribution in [2.24, 2.45) is 0 Å². The van der Waals surface area contributed by atoms with Crippen molar-refractivity contribution < 1.29 is 14.3 Å². The molecule has 3 heterocycles. The Bertz CT molecular complexity index is 1180. The van der Waals surface area contributed by atoms with Crippen molar-refractivity contribution in [3.63, 3.8) is 0 Å². The van der Waals surface area contributed by atoms with E-state index in [1.165, 1.54) is 0 Å². The number of nitrogens with zero attached hydrogens (tertiary/aromatic N) is 2. The molecule has 0 radical (unpaired) electrons. The van der Waals surface area contributed by atoms with Crippen molar-refractivity contribution in [1.29, 1.82) is 0 Å². The first-order valence-electron chi connectivity index (χ1n) is 10.1.